The third-order valence-electron chi connectivity index (χ3n) is 5.44. The van der Waals surface area contributed by atoms with Crippen molar-refractivity contribution in [2.24, 2.45) is 5.92 Å². The number of hydrogen-bond acceptors (Lipinski definition) is 4. The Morgan fingerprint density at radius 2 is 1.92 bits per heavy atom. The van der Waals surface area contributed by atoms with Crippen molar-refractivity contribution in [1.82, 2.24) is 15.1 Å². The van der Waals surface area contributed by atoms with Crippen LogP contribution in [-0.2, 0) is 4.79 Å². The van der Waals surface area contributed by atoms with E-state index in [1.807, 2.05) is 30.3 Å². The number of carbonyl (C=O) groups excluding carboxylic acids is 1. The molecule has 0 saturated carbocycles. The van der Waals surface area contributed by atoms with Crippen LogP contribution in [0.25, 0.3) is 0 Å². The monoisotopic (exact) mass is 345 g/mol. The topological polar surface area (TPSA) is 44.8 Å². The highest BCUT2D eigenvalue weighted by molar-refractivity contribution is 5.78. The Kier molecular flexibility index (Phi) is 6.70. The number of benzene rings is 1. The molecule has 1 aromatic carbocycles. The molecule has 2 saturated heterocycles. The number of hydrogen-bond donors (Lipinski definition) is 1. The van der Waals surface area contributed by atoms with Gasteiger partial charge < -0.3 is 15.0 Å². The van der Waals surface area contributed by atoms with Gasteiger partial charge in [0.05, 0.1) is 12.5 Å². The normalized spacial score (nSPS) is 23.3. The second-order valence-corrected chi connectivity index (χ2v) is 7.32. The summed E-state index contributed by atoms with van der Waals surface area (Å²) in [6.07, 6.45) is 4.60. The van der Waals surface area contributed by atoms with Crippen molar-refractivity contribution in [2.45, 2.75) is 31.7 Å². The standard InChI is InChI=1S/C20H31N3O2/c1-22-13-9-18(10-14-22)23-12-5-6-17(16-23)20(24)21-11-15-25-19-7-3-2-4-8-19/h2-4,7-8,17-18H,5-6,9-16H2,1H3,(H,21,24). The zero-order valence-corrected chi connectivity index (χ0v) is 15.3. The number of amides is 1. The molecule has 2 fully saturated rings. The Morgan fingerprint density at radius 1 is 1.16 bits per heavy atom. The molecule has 5 nitrogen and oxygen atoms in total. The summed E-state index contributed by atoms with van der Waals surface area (Å²) in [5.74, 6) is 1.17. The molecule has 2 aliphatic rings. The van der Waals surface area contributed by atoms with Gasteiger partial charge in [-0.2, -0.15) is 0 Å². The van der Waals surface area contributed by atoms with E-state index in [1.165, 1.54) is 25.9 Å². The van der Waals surface area contributed by atoms with Crippen LogP contribution in [0.1, 0.15) is 25.7 Å². The number of carbonyl (C=O) groups is 1. The molecule has 1 unspecified atom stereocenters. The van der Waals surface area contributed by atoms with Crippen LogP contribution in [0.5, 0.6) is 5.75 Å². The highest BCUT2D eigenvalue weighted by Crippen LogP contribution is 2.23. The summed E-state index contributed by atoms with van der Waals surface area (Å²) in [6, 6.07) is 10.4. The van der Waals surface area contributed by atoms with E-state index in [1.54, 1.807) is 0 Å². The average Bonchev–Trinajstić information content (AvgIpc) is 2.66. The smallest absolute Gasteiger partial charge is 0.224 e. The second-order valence-electron chi connectivity index (χ2n) is 7.32. The first kappa shape index (κ1) is 18.2. The molecule has 1 N–H and O–H groups in total. The molecule has 0 aromatic heterocycles. The van der Waals surface area contributed by atoms with Crippen LogP contribution in [0.3, 0.4) is 0 Å². The molecule has 2 heterocycles. The maximum Gasteiger partial charge on any atom is 0.224 e. The van der Waals surface area contributed by atoms with Crippen molar-refractivity contribution >= 4 is 5.91 Å². The molecular weight excluding hydrogens is 314 g/mol. The van der Waals surface area contributed by atoms with Crippen LogP contribution < -0.4 is 10.1 Å². The molecule has 0 aliphatic carbocycles. The molecule has 0 spiro atoms. The second kappa shape index (κ2) is 9.20. The van der Waals surface area contributed by atoms with Gasteiger partial charge in [-0.25, -0.2) is 0 Å². The quantitative estimate of drug-likeness (QED) is 0.801. The summed E-state index contributed by atoms with van der Waals surface area (Å²) in [5, 5.41) is 3.05. The molecule has 3 rings (SSSR count). The molecule has 138 valence electrons. The number of ether oxygens (including phenoxy) is 1. The van der Waals surface area contributed by atoms with Gasteiger partial charge in [-0.05, 0) is 64.5 Å². The van der Waals surface area contributed by atoms with Gasteiger partial charge in [0.15, 0.2) is 0 Å². The lowest BCUT2D eigenvalue weighted by atomic mass is 9.93. The van der Waals surface area contributed by atoms with Crippen LogP contribution >= 0.6 is 0 Å². The van der Waals surface area contributed by atoms with Crippen LogP contribution in [0.2, 0.25) is 0 Å². The number of nitrogens with zero attached hydrogens (tertiary/aromatic N) is 2. The van der Waals surface area contributed by atoms with Gasteiger partial charge in [0, 0.05) is 12.6 Å². The van der Waals surface area contributed by atoms with E-state index in [-0.39, 0.29) is 11.8 Å². The largest absolute Gasteiger partial charge is 0.492 e. The zero-order valence-electron chi connectivity index (χ0n) is 15.3. The lowest BCUT2D eigenvalue weighted by molar-refractivity contribution is -0.127. The SMILES string of the molecule is CN1CCC(N2CCCC(C(=O)NCCOc3ccccc3)C2)CC1. The van der Waals surface area contributed by atoms with Gasteiger partial charge >= 0.3 is 0 Å². The summed E-state index contributed by atoms with van der Waals surface area (Å²) in [7, 11) is 2.19. The highest BCUT2D eigenvalue weighted by atomic mass is 16.5. The van der Waals surface area contributed by atoms with Gasteiger partial charge in [-0.15, -0.1) is 0 Å². The lowest BCUT2D eigenvalue weighted by Crippen LogP contribution is -2.50. The van der Waals surface area contributed by atoms with Crippen molar-refractivity contribution in [1.29, 1.82) is 0 Å². The molecule has 1 atom stereocenters. The van der Waals surface area contributed by atoms with Crippen molar-refractivity contribution in [2.75, 3.05) is 46.4 Å². The Hall–Kier alpha value is -1.59. The highest BCUT2D eigenvalue weighted by Gasteiger charge is 2.30. The third kappa shape index (κ3) is 5.44. The number of likely N-dealkylation sites (tertiary alicyclic amines) is 2. The predicted molar refractivity (Wildman–Crippen MR) is 99.8 cm³/mol. The van der Waals surface area contributed by atoms with E-state index >= 15 is 0 Å². The summed E-state index contributed by atoms with van der Waals surface area (Å²) >= 11 is 0. The first-order chi connectivity index (χ1) is 12.2. The number of piperidine rings is 2. The van der Waals surface area contributed by atoms with Crippen molar-refractivity contribution in [3.05, 3.63) is 30.3 Å². The minimum Gasteiger partial charge on any atom is -0.492 e. The van der Waals surface area contributed by atoms with Crippen molar-refractivity contribution in [3.63, 3.8) is 0 Å². The first-order valence-corrected chi connectivity index (χ1v) is 9.60. The summed E-state index contributed by atoms with van der Waals surface area (Å²) in [5.41, 5.74) is 0. The van der Waals surface area contributed by atoms with E-state index in [4.69, 9.17) is 4.74 Å². The third-order valence-corrected chi connectivity index (χ3v) is 5.44. The fraction of sp³-hybridized carbons (Fsp3) is 0.650. The summed E-state index contributed by atoms with van der Waals surface area (Å²) in [4.78, 5) is 17.4. The summed E-state index contributed by atoms with van der Waals surface area (Å²) < 4.78 is 5.64. The molecule has 0 bridgehead atoms. The molecule has 2 aliphatic heterocycles. The van der Waals surface area contributed by atoms with Crippen LogP contribution in [0, 0.1) is 5.92 Å². The summed E-state index contributed by atoms with van der Waals surface area (Å²) in [6.45, 7) is 5.50. The molecule has 25 heavy (non-hydrogen) atoms. The van der Waals surface area contributed by atoms with E-state index in [0.717, 1.165) is 31.7 Å². The Balaban J connectivity index is 1.38. The maximum absolute atomic E-state index is 12.5. The Bertz CT molecular complexity index is 529. The number of para-hydroxylation sites is 1. The van der Waals surface area contributed by atoms with Crippen LogP contribution in [0.4, 0.5) is 0 Å². The van der Waals surface area contributed by atoms with Gasteiger partial charge in [0.25, 0.3) is 0 Å². The van der Waals surface area contributed by atoms with Gasteiger partial charge in [-0.3, -0.25) is 9.69 Å². The van der Waals surface area contributed by atoms with Crippen LogP contribution in [0.15, 0.2) is 30.3 Å². The van der Waals surface area contributed by atoms with Crippen LogP contribution in [-0.4, -0.2) is 68.1 Å². The Morgan fingerprint density at radius 3 is 2.68 bits per heavy atom. The zero-order chi connectivity index (χ0) is 17.5. The molecule has 1 amide bonds. The molecule has 0 radical (unpaired) electrons. The van der Waals surface area contributed by atoms with Crippen molar-refractivity contribution < 1.29 is 9.53 Å². The molecular formula is C20H31N3O2. The minimum absolute atomic E-state index is 0.130. The van der Waals surface area contributed by atoms with E-state index < -0.39 is 0 Å². The predicted octanol–water partition coefficient (Wildman–Crippen LogP) is 1.99. The number of rotatable bonds is 6. The van der Waals surface area contributed by atoms with E-state index in [0.29, 0.717) is 19.2 Å². The van der Waals surface area contributed by atoms with Crippen molar-refractivity contribution in [3.8, 4) is 5.75 Å². The average molecular weight is 345 g/mol. The minimum atomic E-state index is 0.130. The van der Waals surface area contributed by atoms with Gasteiger partial charge in [-0.1, -0.05) is 18.2 Å². The Labute approximate surface area is 151 Å². The fourth-order valence-electron chi connectivity index (χ4n) is 3.92. The fourth-order valence-corrected chi connectivity index (χ4v) is 3.92. The van der Waals surface area contributed by atoms with Gasteiger partial charge in [0.2, 0.25) is 5.91 Å². The molecule has 5 heteroatoms. The molecule has 1 aromatic rings. The first-order valence-electron chi connectivity index (χ1n) is 9.60. The number of nitrogens with one attached hydrogen (secondary N) is 1. The van der Waals surface area contributed by atoms with E-state index in [9.17, 15) is 4.79 Å². The lowest BCUT2D eigenvalue weighted by Gasteiger charge is -2.41. The van der Waals surface area contributed by atoms with E-state index in [2.05, 4.69) is 22.2 Å². The van der Waals surface area contributed by atoms with Gasteiger partial charge in [0.1, 0.15) is 12.4 Å². The maximum atomic E-state index is 12.5.